The van der Waals surface area contributed by atoms with E-state index in [1.54, 1.807) is 0 Å². The van der Waals surface area contributed by atoms with Gasteiger partial charge < -0.3 is 4.42 Å². The maximum Gasteiger partial charge on any atom is 0.236 e. The first-order valence-electron chi connectivity index (χ1n) is 6.76. The Balaban J connectivity index is 1.74. The second-order valence-electron chi connectivity index (χ2n) is 5.14. The molecular weight excluding hydrogens is 318 g/mol. The summed E-state index contributed by atoms with van der Waals surface area (Å²) in [6.07, 6.45) is 1.42. The van der Waals surface area contributed by atoms with Gasteiger partial charge in [-0.2, -0.15) is 0 Å². The van der Waals surface area contributed by atoms with Crippen LogP contribution in [0.2, 0.25) is 0 Å². The highest BCUT2D eigenvalue weighted by Crippen LogP contribution is 2.24. The fraction of sp³-hybridized carbons (Fsp3) is 0.188. The molecule has 0 aliphatic rings. The van der Waals surface area contributed by atoms with Gasteiger partial charge in [-0.1, -0.05) is 35.9 Å². The molecule has 0 saturated heterocycles. The van der Waals surface area contributed by atoms with E-state index in [1.165, 1.54) is 17.6 Å². The number of rotatable bonds is 5. The zero-order chi connectivity index (χ0) is 15.6. The van der Waals surface area contributed by atoms with E-state index in [0.29, 0.717) is 11.6 Å². The molecule has 0 aliphatic carbocycles. The highest BCUT2D eigenvalue weighted by molar-refractivity contribution is 7.89. The van der Waals surface area contributed by atoms with Gasteiger partial charge in [0.15, 0.2) is 9.84 Å². The van der Waals surface area contributed by atoms with E-state index >= 15 is 0 Å². The Bertz CT molecular complexity index is 864. The molecule has 4 nitrogen and oxygen atoms in total. The summed E-state index contributed by atoms with van der Waals surface area (Å²) in [4.78, 5) is 5.15. The largest absolute Gasteiger partial charge is 0.444 e. The molecule has 1 aromatic carbocycles. The molecule has 22 heavy (non-hydrogen) atoms. The van der Waals surface area contributed by atoms with Crippen molar-refractivity contribution in [1.82, 2.24) is 4.98 Å². The first-order valence-corrected chi connectivity index (χ1v) is 9.46. The van der Waals surface area contributed by atoms with Crippen LogP contribution in [0.4, 0.5) is 0 Å². The fourth-order valence-electron chi connectivity index (χ4n) is 2.22. The monoisotopic (exact) mass is 333 g/mol. The number of hydrogen-bond acceptors (Lipinski definition) is 5. The molecular formula is C16H15NO3S2. The molecule has 0 spiro atoms. The summed E-state index contributed by atoms with van der Waals surface area (Å²) in [6.45, 7) is 1.95. The summed E-state index contributed by atoms with van der Waals surface area (Å²) in [5.41, 5.74) is 2.28. The second-order valence-corrected chi connectivity index (χ2v) is 8.15. The molecule has 6 heteroatoms. The summed E-state index contributed by atoms with van der Waals surface area (Å²) >= 11 is 1.51. The summed E-state index contributed by atoms with van der Waals surface area (Å²) in [6, 6.07) is 11.3. The number of oxazole rings is 1. The molecule has 0 amide bonds. The van der Waals surface area contributed by atoms with Crippen LogP contribution in [0.3, 0.4) is 0 Å². The van der Waals surface area contributed by atoms with Crippen molar-refractivity contribution in [2.75, 3.05) is 0 Å². The highest BCUT2D eigenvalue weighted by atomic mass is 32.2. The van der Waals surface area contributed by atoms with Crippen LogP contribution < -0.4 is 0 Å². The molecule has 3 rings (SSSR count). The van der Waals surface area contributed by atoms with Crippen molar-refractivity contribution >= 4 is 21.2 Å². The second kappa shape index (κ2) is 6.06. The number of aryl methyl sites for hydroxylation is 1. The zero-order valence-electron chi connectivity index (χ0n) is 12.0. The first-order chi connectivity index (χ1) is 10.5. The van der Waals surface area contributed by atoms with E-state index in [-0.39, 0.29) is 11.5 Å². The summed E-state index contributed by atoms with van der Waals surface area (Å²) in [5, 5.41) is 1.92. The Hall–Kier alpha value is -1.92. The number of thiophene rings is 1. The van der Waals surface area contributed by atoms with Gasteiger partial charge in [0, 0.05) is 0 Å². The lowest BCUT2D eigenvalue weighted by Crippen LogP contribution is -2.08. The molecule has 0 bridgehead atoms. The van der Waals surface area contributed by atoms with Crippen molar-refractivity contribution < 1.29 is 12.8 Å². The maximum absolute atomic E-state index is 12.3. The molecule has 2 heterocycles. The van der Waals surface area contributed by atoms with E-state index in [4.69, 9.17) is 4.42 Å². The molecule has 2 aromatic heterocycles. The molecule has 0 unspecified atom stereocenters. The van der Waals surface area contributed by atoms with Gasteiger partial charge in [0.1, 0.15) is 6.26 Å². The van der Waals surface area contributed by atoms with Gasteiger partial charge in [-0.15, -0.1) is 11.3 Å². The van der Waals surface area contributed by atoms with Crippen LogP contribution in [-0.4, -0.2) is 13.4 Å². The zero-order valence-corrected chi connectivity index (χ0v) is 13.7. The van der Waals surface area contributed by atoms with Crippen LogP contribution in [0.25, 0.3) is 10.8 Å². The third-order valence-corrected chi connectivity index (χ3v) is 5.49. The van der Waals surface area contributed by atoms with E-state index in [0.717, 1.165) is 16.0 Å². The molecule has 3 aromatic rings. The minimum Gasteiger partial charge on any atom is -0.444 e. The smallest absolute Gasteiger partial charge is 0.236 e. The summed E-state index contributed by atoms with van der Waals surface area (Å²) < 4.78 is 30.0. The first kappa shape index (κ1) is 15.0. The van der Waals surface area contributed by atoms with Gasteiger partial charge in [0.2, 0.25) is 5.89 Å². The number of aromatic nitrogens is 1. The predicted octanol–water partition coefficient (Wildman–Crippen LogP) is 3.83. The molecule has 0 atom stereocenters. The number of benzene rings is 1. The Morgan fingerprint density at radius 1 is 1.18 bits per heavy atom. The lowest BCUT2D eigenvalue weighted by Gasteiger charge is -2.03. The number of nitrogens with zero attached hydrogens (tertiary/aromatic N) is 1. The molecule has 0 radical (unpaired) electrons. The molecule has 0 aliphatic heterocycles. The van der Waals surface area contributed by atoms with Crippen molar-refractivity contribution in [1.29, 1.82) is 0 Å². The highest BCUT2D eigenvalue weighted by Gasteiger charge is 2.17. The molecule has 0 saturated carbocycles. The topological polar surface area (TPSA) is 60.2 Å². The van der Waals surface area contributed by atoms with Crippen molar-refractivity contribution in [3.8, 4) is 10.8 Å². The standard InChI is InChI=1S/C16H15NO3S2/c1-12-4-2-5-13(8-12)10-22(18,19)11-14-9-20-16(17-14)15-6-3-7-21-15/h2-9H,10-11H2,1H3. The molecule has 0 N–H and O–H groups in total. The summed E-state index contributed by atoms with van der Waals surface area (Å²) in [5.74, 6) is 0.363. The van der Waals surface area contributed by atoms with E-state index in [1.807, 2.05) is 48.7 Å². The van der Waals surface area contributed by atoms with Crippen LogP contribution in [0, 0.1) is 6.92 Å². The van der Waals surface area contributed by atoms with E-state index in [2.05, 4.69) is 4.98 Å². The van der Waals surface area contributed by atoms with Gasteiger partial charge in [0.05, 0.1) is 22.1 Å². The lowest BCUT2D eigenvalue weighted by atomic mass is 10.2. The minimum atomic E-state index is -3.28. The van der Waals surface area contributed by atoms with Crippen molar-refractivity contribution in [3.05, 3.63) is 64.9 Å². The molecule has 114 valence electrons. The van der Waals surface area contributed by atoms with Crippen LogP contribution in [0.15, 0.2) is 52.5 Å². The quantitative estimate of drug-likeness (QED) is 0.712. The van der Waals surface area contributed by atoms with Gasteiger partial charge in [-0.3, -0.25) is 0 Å². The van der Waals surface area contributed by atoms with E-state index < -0.39 is 9.84 Å². The normalized spacial score (nSPS) is 11.7. The number of hydrogen-bond donors (Lipinski definition) is 0. The average molecular weight is 333 g/mol. The van der Waals surface area contributed by atoms with Crippen molar-refractivity contribution in [2.45, 2.75) is 18.4 Å². The van der Waals surface area contributed by atoms with Gasteiger partial charge in [0.25, 0.3) is 0 Å². The fourth-order valence-corrected chi connectivity index (χ4v) is 4.25. The van der Waals surface area contributed by atoms with Crippen LogP contribution in [0.1, 0.15) is 16.8 Å². The Morgan fingerprint density at radius 3 is 2.77 bits per heavy atom. The van der Waals surface area contributed by atoms with Crippen LogP contribution >= 0.6 is 11.3 Å². The van der Waals surface area contributed by atoms with Gasteiger partial charge in [-0.05, 0) is 23.9 Å². The molecule has 0 fully saturated rings. The Kier molecular flexibility index (Phi) is 4.13. The van der Waals surface area contributed by atoms with Gasteiger partial charge in [-0.25, -0.2) is 13.4 Å². The van der Waals surface area contributed by atoms with Gasteiger partial charge >= 0.3 is 0 Å². The Labute approximate surface area is 133 Å². The predicted molar refractivity (Wildman–Crippen MR) is 87.3 cm³/mol. The average Bonchev–Trinajstić information content (AvgIpc) is 3.07. The van der Waals surface area contributed by atoms with Crippen molar-refractivity contribution in [2.24, 2.45) is 0 Å². The Morgan fingerprint density at radius 2 is 2.05 bits per heavy atom. The van der Waals surface area contributed by atoms with E-state index in [9.17, 15) is 8.42 Å². The van der Waals surface area contributed by atoms with Crippen molar-refractivity contribution in [3.63, 3.8) is 0 Å². The number of sulfone groups is 1. The lowest BCUT2D eigenvalue weighted by molar-refractivity contribution is 0.573. The van der Waals surface area contributed by atoms with Crippen LogP contribution in [0.5, 0.6) is 0 Å². The maximum atomic E-state index is 12.3. The SMILES string of the molecule is Cc1cccc(CS(=O)(=O)Cc2coc(-c3cccs3)n2)c1. The van der Waals surface area contributed by atoms with Crippen LogP contribution in [-0.2, 0) is 21.3 Å². The summed E-state index contributed by atoms with van der Waals surface area (Å²) in [7, 11) is -3.28. The third kappa shape index (κ3) is 3.64. The minimum absolute atomic E-state index is 0.00980. The third-order valence-electron chi connectivity index (χ3n) is 3.12.